The van der Waals surface area contributed by atoms with Crippen LogP contribution in [-0.4, -0.2) is 39.2 Å². The zero-order valence-corrected chi connectivity index (χ0v) is 22.3. The molecule has 0 saturated carbocycles. The molecule has 6 heteroatoms. The third-order valence-corrected chi connectivity index (χ3v) is 8.73. The average molecular weight is 469 g/mol. The SMILES string of the molecule is Bc1c(B)c(B)c(Nc2ccc3c(c2)C(c2ccccc2)(c2ccccc2)c2ccccc2-3)c(B)c1B. The molecule has 0 heterocycles. The standard InChI is InChI=1S/C31H28B5N/c32-25-26(33)28(35)30(29(36)27(25)34)37-20-15-16-22-21-13-7-8-14-23(21)31(24(22)17-20,18-9-3-1-4-10-18)19-11-5-2-6-12-19/h1-17,37H,32-36H2. The summed E-state index contributed by atoms with van der Waals surface area (Å²) in [5.74, 6) is 0. The highest BCUT2D eigenvalue weighted by Crippen LogP contribution is 2.56. The van der Waals surface area contributed by atoms with Gasteiger partial charge in [-0.3, -0.25) is 0 Å². The minimum atomic E-state index is -0.380. The molecule has 1 aliphatic carbocycles. The van der Waals surface area contributed by atoms with E-state index in [1.54, 1.807) is 0 Å². The lowest BCUT2D eigenvalue weighted by atomic mass is 9.61. The maximum Gasteiger partial charge on any atom is 0.141 e. The number of nitrogens with one attached hydrogen (secondary N) is 1. The van der Waals surface area contributed by atoms with E-state index in [0.29, 0.717) is 0 Å². The Hall–Kier alpha value is -3.78. The van der Waals surface area contributed by atoms with Gasteiger partial charge < -0.3 is 5.32 Å². The summed E-state index contributed by atoms with van der Waals surface area (Å²) in [6.07, 6.45) is 0. The molecule has 0 fully saturated rings. The Kier molecular flexibility index (Phi) is 5.72. The van der Waals surface area contributed by atoms with Crippen LogP contribution >= 0.6 is 0 Å². The van der Waals surface area contributed by atoms with Gasteiger partial charge in [0.15, 0.2) is 0 Å². The molecule has 0 spiro atoms. The number of benzene rings is 5. The van der Waals surface area contributed by atoms with Crippen LogP contribution in [0.15, 0.2) is 103 Å². The molecular weight excluding hydrogens is 440 g/mol. The van der Waals surface area contributed by atoms with Gasteiger partial charge in [-0.15, -0.1) is 5.46 Å². The van der Waals surface area contributed by atoms with E-state index in [9.17, 15) is 0 Å². The van der Waals surface area contributed by atoms with Crippen LogP contribution in [-0.2, 0) is 5.41 Å². The fourth-order valence-corrected chi connectivity index (χ4v) is 6.35. The van der Waals surface area contributed by atoms with E-state index in [4.69, 9.17) is 0 Å². The van der Waals surface area contributed by atoms with E-state index in [0.717, 1.165) is 5.69 Å². The molecule has 0 bridgehead atoms. The second kappa shape index (κ2) is 8.96. The van der Waals surface area contributed by atoms with Crippen LogP contribution in [0.5, 0.6) is 0 Å². The summed E-state index contributed by atoms with van der Waals surface area (Å²) < 4.78 is 0. The molecule has 1 N–H and O–H groups in total. The van der Waals surface area contributed by atoms with Crippen molar-refractivity contribution in [1.29, 1.82) is 0 Å². The van der Waals surface area contributed by atoms with Crippen LogP contribution < -0.4 is 32.6 Å². The summed E-state index contributed by atoms with van der Waals surface area (Å²) in [4.78, 5) is 0. The van der Waals surface area contributed by atoms with Gasteiger partial charge in [0.25, 0.3) is 0 Å². The smallest absolute Gasteiger partial charge is 0.141 e. The third kappa shape index (κ3) is 3.46. The molecule has 0 aliphatic heterocycles. The lowest BCUT2D eigenvalue weighted by Gasteiger charge is -2.34. The molecule has 0 atom stereocenters. The largest absolute Gasteiger partial charge is 0.356 e. The predicted octanol–water partition coefficient (Wildman–Crippen LogP) is -0.915. The molecule has 0 amide bonds. The molecule has 6 rings (SSSR count). The van der Waals surface area contributed by atoms with Crippen LogP contribution in [0.4, 0.5) is 11.4 Å². The van der Waals surface area contributed by atoms with Gasteiger partial charge >= 0.3 is 0 Å². The summed E-state index contributed by atoms with van der Waals surface area (Å²) in [6.45, 7) is 0. The fraction of sp³-hybridized carbons (Fsp3) is 0.0323. The Balaban J connectivity index is 1.62. The highest BCUT2D eigenvalue weighted by Gasteiger charge is 2.46. The van der Waals surface area contributed by atoms with Crippen molar-refractivity contribution in [3.8, 4) is 11.1 Å². The molecule has 0 aromatic heterocycles. The van der Waals surface area contributed by atoms with E-state index in [1.807, 2.05) is 0 Å². The summed E-state index contributed by atoms with van der Waals surface area (Å²) in [5, 5.41) is 3.85. The van der Waals surface area contributed by atoms with Crippen LogP contribution in [0, 0.1) is 0 Å². The van der Waals surface area contributed by atoms with Crippen LogP contribution in [0.3, 0.4) is 0 Å². The molecule has 0 radical (unpaired) electrons. The summed E-state index contributed by atoms with van der Waals surface area (Å²) in [5.41, 5.74) is 16.6. The molecule has 5 aromatic rings. The van der Waals surface area contributed by atoms with Gasteiger partial charge in [0.1, 0.15) is 39.2 Å². The summed E-state index contributed by atoms with van der Waals surface area (Å²) >= 11 is 0. The Morgan fingerprint density at radius 2 is 0.946 bits per heavy atom. The van der Waals surface area contributed by atoms with Gasteiger partial charge in [0.05, 0.1) is 5.41 Å². The quantitative estimate of drug-likeness (QED) is 0.330. The second-order valence-corrected chi connectivity index (χ2v) is 10.4. The molecular formula is C31H28B5N. The lowest BCUT2D eigenvalue weighted by Crippen LogP contribution is -2.55. The monoisotopic (exact) mass is 469 g/mol. The molecule has 37 heavy (non-hydrogen) atoms. The van der Waals surface area contributed by atoms with Gasteiger partial charge in [-0.2, -0.15) is 0 Å². The Morgan fingerprint density at radius 1 is 0.459 bits per heavy atom. The molecule has 1 aliphatic rings. The first-order chi connectivity index (χ1) is 17.9. The molecule has 0 unspecified atom stereocenters. The van der Waals surface area contributed by atoms with E-state index in [2.05, 4.69) is 148 Å². The van der Waals surface area contributed by atoms with Crippen molar-refractivity contribution in [3.05, 3.63) is 125 Å². The maximum absolute atomic E-state index is 3.85. The summed E-state index contributed by atoms with van der Waals surface area (Å²) in [6, 6.07) is 37.8. The van der Waals surface area contributed by atoms with E-state index in [1.165, 1.54) is 66.4 Å². The van der Waals surface area contributed by atoms with E-state index < -0.39 is 0 Å². The number of fused-ring (bicyclic) bond motifs is 3. The Labute approximate surface area is 224 Å². The minimum Gasteiger partial charge on any atom is -0.356 e. The van der Waals surface area contributed by atoms with Crippen molar-refractivity contribution in [2.24, 2.45) is 0 Å². The van der Waals surface area contributed by atoms with Crippen molar-refractivity contribution >= 4 is 77.9 Å². The number of rotatable bonds is 4. The van der Waals surface area contributed by atoms with Gasteiger partial charge in [-0.25, -0.2) is 0 Å². The highest BCUT2D eigenvalue weighted by atomic mass is 14.9. The van der Waals surface area contributed by atoms with Gasteiger partial charge in [0, 0.05) is 11.4 Å². The Morgan fingerprint density at radius 3 is 1.54 bits per heavy atom. The van der Waals surface area contributed by atoms with Gasteiger partial charge in [-0.05, 0) is 45.5 Å². The third-order valence-electron chi connectivity index (χ3n) is 8.73. The number of anilines is 2. The average Bonchev–Trinajstić information content (AvgIpc) is 3.24. The first-order valence-electron chi connectivity index (χ1n) is 13.1. The molecule has 1 nitrogen and oxygen atoms in total. The van der Waals surface area contributed by atoms with Crippen LogP contribution in [0.1, 0.15) is 22.3 Å². The van der Waals surface area contributed by atoms with Crippen molar-refractivity contribution in [3.63, 3.8) is 0 Å². The van der Waals surface area contributed by atoms with Crippen molar-refractivity contribution in [2.75, 3.05) is 5.32 Å². The van der Waals surface area contributed by atoms with E-state index >= 15 is 0 Å². The topological polar surface area (TPSA) is 12.0 Å². The maximum atomic E-state index is 3.85. The minimum absolute atomic E-state index is 0.380. The van der Waals surface area contributed by atoms with Gasteiger partial charge in [-0.1, -0.05) is 113 Å². The number of hydrogen-bond acceptors (Lipinski definition) is 1. The van der Waals surface area contributed by atoms with Crippen LogP contribution in [0.25, 0.3) is 11.1 Å². The zero-order chi connectivity index (χ0) is 25.7. The van der Waals surface area contributed by atoms with Crippen molar-refractivity contribution < 1.29 is 0 Å². The predicted molar refractivity (Wildman–Crippen MR) is 174 cm³/mol. The molecule has 172 valence electrons. The highest BCUT2D eigenvalue weighted by molar-refractivity contribution is 6.68. The number of hydrogen-bond donors (Lipinski definition) is 1. The van der Waals surface area contributed by atoms with Crippen molar-refractivity contribution in [2.45, 2.75) is 5.41 Å². The molecule has 0 saturated heterocycles. The normalized spacial score (nSPS) is 13.1. The second-order valence-electron chi connectivity index (χ2n) is 10.4. The summed E-state index contributed by atoms with van der Waals surface area (Å²) in [7, 11) is 11.2. The van der Waals surface area contributed by atoms with E-state index in [-0.39, 0.29) is 5.41 Å². The zero-order valence-electron chi connectivity index (χ0n) is 22.3. The molecule has 5 aromatic carbocycles. The Bertz CT molecular complexity index is 1580. The first kappa shape index (κ1) is 23.6. The van der Waals surface area contributed by atoms with Crippen molar-refractivity contribution in [1.82, 2.24) is 0 Å². The van der Waals surface area contributed by atoms with Gasteiger partial charge in [0.2, 0.25) is 0 Å². The lowest BCUT2D eigenvalue weighted by molar-refractivity contribution is 0.769. The van der Waals surface area contributed by atoms with Crippen LogP contribution in [0.2, 0.25) is 0 Å². The fourth-order valence-electron chi connectivity index (χ4n) is 6.35. The first-order valence-corrected chi connectivity index (χ1v) is 13.1.